The summed E-state index contributed by atoms with van der Waals surface area (Å²) in [5.74, 6) is 0.798. The average Bonchev–Trinajstić information content (AvgIpc) is 3.25. The monoisotopic (exact) mass is 310 g/mol. The van der Waals surface area contributed by atoms with Crippen LogP contribution < -0.4 is 0 Å². The molecule has 5 heterocycles. The van der Waals surface area contributed by atoms with Gasteiger partial charge in [-0.2, -0.15) is 5.10 Å². The van der Waals surface area contributed by atoms with Crippen molar-refractivity contribution in [2.24, 2.45) is 5.92 Å². The molecular weight excluding hydrogens is 292 g/mol. The molecule has 3 saturated heterocycles. The smallest absolute Gasteiger partial charge is 0.123 e. The van der Waals surface area contributed by atoms with E-state index in [1.165, 1.54) is 42.4 Å². The van der Waals surface area contributed by atoms with Gasteiger partial charge in [0.25, 0.3) is 0 Å². The van der Waals surface area contributed by atoms with Crippen LogP contribution in [0.2, 0.25) is 0 Å². The second-order valence-electron chi connectivity index (χ2n) is 6.41. The normalized spacial score (nSPS) is 27.5. The Morgan fingerprint density at radius 1 is 1.18 bits per heavy atom. The molecule has 0 amide bonds. The van der Waals surface area contributed by atoms with Crippen molar-refractivity contribution in [2.45, 2.75) is 18.9 Å². The molecule has 0 saturated carbocycles. The number of nitrogens with zero attached hydrogens (tertiary/aromatic N) is 4. The van der Waals surface area contributed by atoms with Crippen LogP contribution in [0.4, 0.5) is 0 Å². The molecule has 3 fully saturated rings. The molecule has 0 radical (unpaired) electrons. The van der Waals surface area contributed by atoms with E-state index < -0.39 is 0 Å². The first kappa shape index (κ1) is 12.8. The van der Waals surface area contributed by atoms with E-state index in [2.05, 4.69) is 32.8 Å². The van der Waals surface area contributed by atoms with E-state index in [-0.39, 0.29) is 0 Å². The van der Waals surface area contributed by atoms with Crippen LogP contribution in [0.5, 0.6) is 0 Å². The first-order valence-corrected chi connectivity index (χ1v) is 8.86. The zero-order valence-corrected chi connectivity index (χ0v) is 13.2. The minimum absolute atomic E-state index is 0.547. The predicted molar refractivity (Wildman–Crippen MR) is 89.0 cm³/mol. The fraction of sp³-hybridized carbons (Fsp3) is 0.412. The Kier molecular flexibility index (Phi) is 2.85. The van der Waals surface area contributed by atoms with Crippen LogP contribution in [0.25, 0.3) is 21.5 Å². The lowest BCUT2D eigenvalue weighted by Gasteiger charge is -2.44. The van der Waals surface area contributed by atoms with Crippen LogP contribution in [-0.4, -0.2) is 39.3 Å². The predicted octanol–water partition coefficient (Wildman–Crippen LogP) is 3.43. The van der Waals surface area contributed by atoms with Crippen molar-refractivity contribution in [3.63, 3.8) is 0 Å². The van der Waals surface area contributed by atoms with E-state index in [1.54, 1.807) is 11.3 Å². The van der Waals surface area contributed by atoms with Crippen LogP contribution in [-0.2, 0) is 0 Å². The number of hydrogen-bond donors (Lipinski definition) is 0. The Hall–Kier alpha value is -1.72. The molecule has 0 spiro atoms. The highest BCUT2D eigenvalue weighted by Gasteiger charge is 2.36. The van der Waals surface area contributed by atoms with Crippen molar-refractivity contribution in [1.82, 2.24) is 19.7 Å². The summed E-state index contributed by atoms with van der Waals surface area (Å²) < 4.78 is 2.27. The Labute approximate surface area is 133 Å². The Balaban J connectivity index is 1.56. The van der Waals surface area contributed by atoms with Gasteiger partial charge in [-0.3, -0.25) is 4.68 Å². The summed E-state index contributed by atoms with van der Waals surface area (Å²) in [4.78, 5) is 6.99. The maximum atomic E-state index is 4.73. The summed E-state index contributed by atoms with van der Waals surface area (Å²) in [6.45, 7) is 3.71. The van der Waals surface area contributed by atoms with Crippen LogP contribution in [0, 0.1) is 5.92 Å². The number of rotatable bonds is 2. The summed E-state index contributed by atoms with van der Waals surface area (Å²) in [6.07, 6.45) is 6.53. The molecule has 112 valence electrons. The van der Waals surface area contributed by atoms with Gasteiger partial charge in [-0.15, -0.1) is 11.3 Å². The van der Waals surface area contributed by atoms with Crippen LogP contribution in [0.15, 0.2) is 36.0 Å². The van der Waals surface area contributed by atoms with E-state index in [9.17, 15) is 0 Å². The van der Waals surface area contributed by atoms with Gasteiger partial charge in [0, 0.05) is 29.1 Å². The molecule has 2 bridgehead atoms. The van der Waals surface area contributed by atoms with Crippen molar-refractivity contribution < 1.29 is 0 Å². The number of benzene rings is 1. The van der Waals surface area contributed by atoms with Crippen LogP contribution in [0.3, 0.4) is 0 Å². The molecule has 3 aromatic rings. The Morgan fingerprint density at radius 3 is 2.82 bits per heavy atom. The fourth-order valence-corrected chi connectivity index (χ4v) is 4.66. The number of fused-ring (bicyclic) bond motifs is 4. The second kappa shape index (κ2) is 4.89. The third kappa shape index (κ3) is 1.92. The van der Waals surface area contributed by atoms with Crippen molar-refractivity contribution in [2.75, 3.05) is 19.6 Å². The van der Waals surface area contributed by atoms with Crippen molar-refractivity contribution in [3.8, 4) is 10.6 Å². The number of hydrogen-bond acceptors (Lipinski definition) is 4. The molecule has 1 aromatic carbocycles. The SMILES string of the molecule is c1csc(-c2ccc3c(cnn3[C@@H]3CN4CCC3CC4)c2)n1. The molecule has 4 nitrogen and oxygen atoms in total. The first-order chi connectivity index (χ1) is 10.9. The molecule has 3 aliphatic heterocycles. The summed E-state index contributed by atoms with van der Waals surface area (Å²) in [5.41, 5.74) is 2.45. The molecular formula is C17H18N4S. The highest BCUT2D eigenvalue weighted by atomic mass is 32.1. The Morgan fingerprint density at radius 2 is 2.09 bits per heavy atom. The lowest BCUT2D eigenvalue weighted by Crippen LogP contribution is -2.48. The van der Waals surface area contributed by atoms with Crippen LogP contribution in [0.1, 0.15) is 18.9 Å². The molecule has 2 aromatic heterocycles. The van der Waals surface area contributed by atoms with Gasteiger partial charge in [0.05, 0.1) is 17.8 Å². The summed E-state index contributed by atoms with van der Waals surface area (Å²) in [7, 11) is 0. The quantitative estimate of drug-likeness (QED) is 0.727. The molecule has 5 heteroatoms. The largest absolute Gasteiger partial charge is 0.301 e. The van der Waals surface area contributed by atoms with Gasteiger partial charge in [-0.25, -0.2) is 4.98 Å². The molecule has 22 heavy (non-hydrogen) atoms. The van der Waals surface area contributed by atoms with E-state index in [4.69, 9.17) is 5.10 Å². The van der Waals surface area contributed by atoms with E-state index in [0.717, 1.165) is 17.5 Å². The van der Waals surface area contributed by atoms with E-state index in [0.29, 0.717) is 6.04 Å². The number of thiazole rings is 1. The third-order valence-electron chi connectivity index (χ3n) is 5.21. The van der Waals surface area contributed by atoms with E-state index >= 15 is 0 Å². The van der Waals surface area contributed by atoms with Crippen LogP contribution >= 0.6 is 11.3 Å². The molecule has 6 rings (SSSR count). The van der Waals surface area contributed by atoms with Gasteiger partial charge >= 0.3 is 0 Å². The van der Waals surface area contributed by atoms with Crippen molar-refractivity contribution >= 4 is 22.2 Å². The van der Waals surface area contributed by atoms with Gasteiger partial charge in [-0.1, -0.05) is 0 Å². The minimum atomic E-state index is 0.547. The van der Waals surface area contributed by atoms with Gasteiger partial charge in [0.2, 0.25) is 0 Å². The standard InChI is InChI=1S/C17H18N4S/c1-2-15-14(9-13(1)17-18-5-8-22-17)10-19-21(15)16-11-20-6-3-12(16)4-7-20/h1-2,5,8-10,12,16H,3-4,6-7,11H2/t16-/m1/s1. The summed E-state index contributed by atoms with van der Waals surface area (Å²) in [5, 5.41) is 9.06. The van der Waals surface area contributed by atoms with Gasteiger partial charge in [-0.05, 0) is 50.0 Å². The highest BCUT2D eigenvalue weighted by molar-refractivity contribution is 7.13. The number of aromatic nitrogens is 3. The molecule has 3 aliphatic rings. The average molecular weight is 310 g/mol. The van der Waals surface area contributed by atoms with Crippen molar-refractivity contribution in [1.29, 1.82) is 0 Å². The topological polar surface area (TPSA) is 34.0 Å². The molecule has 0 N–H and O–H groups in total. The molecule has 1 atom stereocenters. The minimum Gasteiger partial charge on any atom is -0.301 e. The second-order valence-corrected chi connectivity index (χ2v) is 7.30. The number of piperidine rings is 3. The Bertz CT molecular complexity index is 799. The summed E-state index contributed by atoms with van der Waals surface area (Å²) in [6, 6.07) is 7.17. The van der Waals surface area contributed by atoms with Crippen molar-refractivity contribution in [3.05, 3.63) is 36.0 Å². The van der Waals surface area contributed by atoms with E-state index in [1.807, 2.05) is 17.8 Å². The molecule has 0 aliphatic carbocycles. The third-order valence-corrected chi connectivity index (χ3v) is 6.03. The first-order valence-electron chi connectivity index (χ1n) is 7.98. The van der Waals surface area contributed by atoms with Gasteiger partial charge in [0.15, 0.2) is 0 Å². The lowest BCUT2D eigenvalue weighted by atomic mass is 9.84. The lowest BCUT2D eigenvalue weighted by molar-refractivity contribution is 0.0534. The maximum absolute atomic E-state index is 4.73. The zero-order valence-electron chi connectivity index (χ0n) is 12.4. The fourth-order valence-electron chi connectivity index (χ4n) is 4.03. The zero-order chi connectivity index (χ0) is 14.5. The maximum Gasteiger partial charge on any atom is 0.123 e. The van der Waals surface area contributed by atoms with Gasteiger partial charge in [0.1, 0.15) is 5.01 Å². The molecule has 0 unspecified atom stereocenters. The van der Waals surface area contributed by atoms with Gasteiger partial charge < -0.3 is 4.90 Å². The highest BCUT2D eigenvalue weighted by Crippen LogP contribution is 2.37. The summed E-state index contributed by atoms with van der Waals surface area (Å²) >= 11 is 1.68.